The summed E-state index contributed by atoms with van der Waals surface area (Å²) in [6.45, 7) is 2.60. The van der Waals surface area contributed by atoms with Crippen molar-refractivity contribution in [2.45, 2.75) is 25.9 Å². The third kappa shape index (κ3) is 3.74. The average molecular weight is 213 g/mol. The fourth-order valence-corrected chi connectivity index (χ4v) is 2.92. The largest absolute Gasteiger partial charge is 0.378 e. The molecule has 2 atom stereocenters. The fourth-order valence-electron chi connectivity index (χ4n) is 1.52. The molecular weight excluding hydrogens is 200 g/mol. The molecule has 0 amide bonds. The van der Waals surface area contributed by atoms with Gasteiger partial charge in [0, 0.05) is 17.3 Å². The molecule has 1 heterocycles. The van der Waals surface area contributed by atoms with Crippen LogP contribution in [0, 0.1) is 5.92 Å². The Kier molecular flexibility index (Phi) is 3.37. The monoisotopic (exact) mass is 212 g/mol. The Balaban J connectivity index is 2.43. The van der Waals surface area contributed by atoms with Crippen LogP contribution in [0.25, 0.3) is 0 Å². The van der Waals surface area contributed by atoms with E-state index in [2.05, 4.69) is 0 Å². The smallest absolute Gasteiger partial charge is 0.232 e. The van der Waals surface area contributed by atoms with Crippen molar-refractivity contribution < 1.29 is 13.2 Å². The van der Waals surface area contributed by atoms with E-state index in [0.717, 1.165) is 12.8 Å². The van der Waals surface area contributed by atoms with Crippen molar-refractivity contribution in [1.82, 2.24) is 0 Å². The molecule has 0 bridgehead atoms. The number of halogens is 1. The molecule has 0 radical (unpaired) electrons. The average Bonchev–Trinajstić information content (AvgIpc) is 1.82. The Labute approximate surface area is 77.5 Å². The lowest BCUT2D eigenvalue weighted by atomic mass is 9.98. The van der Waals surface area contributed by atoms with Gasteiger partial charge in [0.1, 0.15) is 0 Å². The highest BCUT2D eigenvalue weighted by Crippen LogP contribution is 2.22. The standard InChI is InChI=1S/C7H13ClO3S/c1-6-4-7(2-3-11-6)5-12(8,9)10/h6-7H,2-5H2,1H3. The van der Waals surface area contributed by atoms with E-state index >= 15 is 0 Å². The lowest BCUT2D eigenvalue weighted by molar-refractivity contribution is 0.00758. The molecule has 1 rings (SSSR count). The number of hydrogen-bond donors (Lipinski definition) is 0. The molecule has 3 nitrogen and oxygen atoms in total. The first kappa shape index (κ1) is 10.3. The van der Waals surface area contributed by atoms with Gasteiger partial charge in [-0.05, 0) is 25.7 Å². The molecule has 2 unspecified atom stereocenters. The summed E-state index contributed by atoms with van der Waals surface area (Å²) in [5.41, 5.74) is 0. The Morgan fingerprint density at radius 2 is 2.25 bits per heavy atom. The minimum absolute atomic E-state index is 0.0856. The topological polar surface area (TPSA) is 43.4 Å². The maximum absolute atomic E-state index is 10.7. The Morgan fingerprint density at radius 3 is 2.75 bits per heavy atom. The van der Waals surface area contributed by atoms with Crippen LogP contribution in [0.2, 0.25) is 0 Å². The lowest BCUT2D eigenvalue weighted by Gasteiger charge is -2.25. The van der Waals surface area contributed by atoms with Crippen LogP contribution >= 0.6 is 10.7 Å². The minimum atomic E-state index is -3.33. The molecule has 0 aromatic carbocycles. The van der Waals surface area contributed by atoms with Crippen molar-refractivity contribution in [2.24, 2.45) is 5.92 Å². The maximum Gasteiger partial charge on any atom is 0.232 e. The number of hydrogen-bond acceptors (Lipinski definition) is 3. The lowest BCUT2D eigenvalue weighted by Crippen LogP contribution is -2.26. The van der Waals surface area contributed by atoms with E-state index in [1.54, 1.807) is 0 Å². The molecule has 0 spiro atoms. The summed E-state index contributed by atoms with van der Waals surface area (Å²) in [5, 5.41) is 0. The SMILES string of the molecule is CC1CC(CS(=O)(=O)Cl)CCO1. The second-order valence-corrected chi connectivity index (χ2v) is 6.10. The Morgan fingerprint density at radius 1 is 1.58 bits per heavy atom. The van der Waals surface area contributed by atoms with Crippen LogP contribution in [0.4, 0.5) is 0 Å². The molecule has 1 aliphatic heterocycles. The predicted molar refractivity (Wildman–Crippen MR) is 47.8 cm³/mol. The molecule has 0 aromatic rings. The van der Waals surface area contributed by atoms with E-state index in [-0.39, 0.29) is 17.8 Å². The van der Waals surface area contributed by atoms with E-state index in [9.17, 15) is 8.42 Å². The van der Waals surface area contributed by atoms with Crippen molar-refractivity contribution in [3.05, 3.63) is 0 Å². The van der Waals surface area contributed by atoms with Crippen LogP contribution in [0.5, 0.6) is 0 Å². The maximum atomic E-state index is 10.7. The van der Waals surface area contributed by atoms with E-state index in [0.29, 0.717) is 6.61 Å². The molecule has 0 aliphatic carbocycles. The molecule has 0 aromatic heterocycles. The second kappa shape index (κ2) is 3.94. The zero-order chi connectivity index (χ0) is 9.19. The molecule has 1 saturated heterocycles. The van der Waals surface area contributed by atoms with Gasteiger partial charge in [0.15, 0.2) is 0 Å². The normalized spacial score (nSPS) is 31.8. The number of rotatable bonds is 2. The Hall–Kier alpha value is 0.200. The minimum Gasteiger partial charge on any atom is -0.378 e. The third-order valence-corrected chi connectivity index (χ3v) is 3.28. The first-order chi connectivity index (χ1) is 5.47. The predicted octanol–water partition coefficient (Wildman–Crippen LogP) is 1.37. The van der Waals surface area contributed by atoms with Crippen LogP contribution in [-0.2, 0) is 13.8 Å². The van der Waals surface area contributed by atoms with Gasteiger partial charge in [-0.15, -0.1) is 0 Å². The van der Waals surface area contributed by atoms with Crippen LogP contribution in [0.15, 0.2) is 0 Å². The summed E-state index contributed by atoms with van der Waals surface area (Å²) in [5.74, 6) is 0.263. The van der Waals surface area contributed by atoms with Gasteiger partial charge in [-0.1, -0.05) is 0 Å². The third-order valence-electron chi connectivity index (χ3n) is 2.03. The first-order valence-corrected chi connectivity index (χ1v) is 6.49. The van der Waals surface area contributed by atoms with Crippen molar-refractivity contribution >= 4 is 19.7 Å². The summed E-state index contributed by atoms with van der Waals surface area (Å²) in [7, 11) is 1.82. The summed E-state index contributed by atoms with van der Waals surface area (Å²) < 4.78 is 26.7. The summed E-state index contributed by atoms with van der Waals surface area (Å²) in [4.78, 5) is 0. The highest BCUT2D eigenvalue weighted by Gasteiger charge is 2.23. The zero-order valence-corrected chi connectivity index (χ0v) is 8.57. The number of ether oxygens (including phenoxy) is 1. The van der Waals surface area contributed by atoms with Crippen LogP contribution in [-0.4, -0.2) is 26.9 Å². The van der Waals surface area contributed by atoms with Gasteiger partial charge in [-0.2, -0.15) is 0 Å². The zero-order valence-electron chi connectivity index (χ0n) is 6.99. The molecule has 0 N–H and O–H groups in total. The Bertz CT molecular complexity index is 237. The van der Waals surface area contributed by atoms with Gasteiger partial charge in [-0.25, -0.2) is 8.42 Å². The van der Waals surface area contributed by atoms with E-state index in [1.807, 2.05) is 6.92 Å². The molecular formula is C7H13ClO3S. The molecule has 72 valence electrons. The van der Waals surface area contributed by atoms with E-state index in [4.69, 9.17) is 15.4 Å². The van der Waals surface area contributed by atoms with Gasteiger partial charge >= 0.3 is 0 Å². The quantitative estimate of drug-likeness (QED) is 0.650. The summed E-state index contributed by atoms with van der Waals surface area (Å²) in [6, 6.07) is 0. The molecule has 12 heavy (non-hydrogen) atoms. The van der Waals surface area contributed by atoms with E-state index < -0.39 is 9.05 Å². The molecule has 1 aliphatic rings. The van der Waals surface area contributed by atoms with Gasteiger partial charge in [-0.3, -0.25) is 0 Å². The van der Waals surface area contributed by atoms with Gasteiger partial charge < -0.3 is 4.74 Å². The van der Waals surface area contributed by atoms with Crippen molar-refractivity contribution in [3.63, 3.8) is 0 Å². The summed E-state index contributed by atoms with van der Waals surface area (Å²) >= 11 is 0. The van der Waals surface area contributed by atoms with Crippen LogP contribution in [0.3, 0.4) is 0 Å². The van der Waals surface area contributed by atoms with Crippen molar-refractivity contribution in [1.29, 1.82) is 0 Å². The molecule has 1 fully saturated rings. The highest BCUT2D eigenvalue weighted by atomic mass is 35.7. The van der Waals surface area contributed by atoms with Crippen LogP contribution < -0.4 is 0 Å². The highest BCUT2D eigenvalue weighted by molar-refractivity contribution is 8.13. The van der Waals surface area contributed by atoms with Gasteiger partial charge in [0.05, 0.1) is 11.9 Å². The van der Waals surface area contributed by atoms with Gasteiger partial charge in [0.2, 0.25) is 9.05 Å². The molecule has 5 heteroatoms. The van der Waals surface area contributed by atoms with Crippen molar-refractivity contribution in [2.75, 3.05) is 12.4 Å². The van der Waals surface area contributed by atoms with E-state index in [1.165, 1.54) is 0 Å². The van der Waals surface area contributed by atoms with Crippen LogP contribution in [0.1, 0.15) is 19.8 Å². The first-order valence-electron chi connectivity index (χ1n) is 4.01. The van der Waals surface area contributed by atoms with Gasteiger partial charge in [0.25, 0.3) is 0 Å². The fraction of sp³-hybridized carbons (Fsp3) is 1.00. The second-order valence-electron chi connectivity index (χ2n) is 3.28. The summed E-state index contributed by atoms with van der Waals surface area (Å²) in [6.07, 6.45) is 1.77. The van der Waals surface area contributed by atoms with Crippen molar-refractivity contribution in [3.8, 4) is 0 Å². The molecule has 0 saturated carbocycles.